The average Bonchev–Trinajstić information content (AvgIpc) is 3.45. The van der Waals surface area contributed by atoms with Gasteiger partial charge in [-0.1, -0.05) is 12.1 Å². The van der Waals surface area contributed by atoms with Crippen molar-refractivity contribution in [3.05, 3.63) is 47.7 Å². The van der Waals surface area contributed by atoms with Gasteiger partial charge in [-0.15, -0.1) is 0 Å². The van der Waals surface area contributed by atoms with E-state index in [1.807, 2.05) is 11.0 Å². The highest BCUT2D eigenvalue weighted by Crippen LogP contribution is 2.24. The lowest BCUT2D eigenvalue weighted by Crippen LogP contribution is -2.49. The minimum atomic E-state index is -0.227. The van der Waals surface area contributed by atoms with Gasteiger partial charge in [0, 0.05) is 38.3 Å². The summed E-state index contributed by atoms with van der Waals surface area (Å²) in [5, 5.41) is 3.32. The first kappa shape index (κ1) is 16.8. The molecule has 1 aliphatic heterocycles. The SMILES string of the molecule is Cc1nc(NC2CC2)cc(C(=O)N2CCN(c3ccccc3F)CC2)n1. The third-order valence-electron chi connectivity index (χ3n) is 4.75. The molecule has 4 rings (SSSR count). The van der Waals surface area contributed by atoms with Crippen LogP contribution < -0.4 is 10.2 Å². The van der Waals surface area contributed by atoms with Gasteiger partial charge in [0.05, 0.1) is 5.69 Å². The standard InChI is InChI=1S/C19H22FN5O/c1-13-21-16(12-18(22-13)23-14-6-7-14)19(26)25-10-8-24(9-11-25)17-5-3-2-4-15(17)20/h2-5,12,14H,6-11H2,1H3,(H,21,22,23). The molecule has 7 heteroatoms. The number of piperazine rings is 1. The number of aryl methyl sites for hydroxylation is 1. The fourth-order valence-corrected chi connectivity index (χ4v) is 3.21. The molecule has 0 atom stereocenters. The van der Waals surface area contributed by atoms with E-state index in [1.165, 1.54) is 6.07 Å². The number of nitrogens with zero attached hydrogens (tertiary/aromatic N) is 4. The summed E-state index contributed by atoms with van der Waals surface area (Å²) in [4.78, 5) is 25.3. The number of para-hydroxylation sites is 1. The molecule has 2 heterocycles. The molecule has 1 aromatic heterocycles. The minimum absolute atomic E-state index is 0.0949. The third kappa shape index (κ3) is 3.61. The molecule has 0 unspecified atom stereocenters. The van der Waals surface area contributed by atoms with Gasteiger partial charge in [-0.25, -0.2) is 14.4 Å². The van der Waals surface area contributed by atoms with Gasteiger partial charge in [-0.05, 0) is 31.9 Å². The number of halogens is 1. The van der Waals surface area contributed by atoms with Crippen LogP contribution in [0.5, 0.6) is 0 Å². The Kier molecular flexibility index (Phi) is 4.44. The van der Waals surface area contributed by atoms with Crippen molar-refractivity contribution in [1.29, 1.82) is 0 Å². The molecule has 1 saturated heterocycles. The summed E-state index contributed by atoms with van der Waals surface area (Å²) >= 11 is 0. The molecule has 1 amide bonds. The van der Waals surface area contributed by atoms with E-state index in [9.17, 15) is 9.18 Å². The predicted octanol–water partition coefficient (Wildman–Crippen LogP) is 2.46. The number of nitrogens with one attached hydrogen (secondary N) is 1. The van der Waals surface area contributed by atoms with E-state index in [-0.39, 0.29) is 11.7 Å². The Balaban J connectivity index is 1.43. The smallest absolute Gasteiger partial charge is 0.272 e. The summed E-state index contributed by atoms with van der Waals surface area (Å²) < 4.78 is 13.9. The van der Waals surface area contributed by atoms with E-state index in [4.69, 9.17) is 0 Å². The molecule has 0 spiro atoms. The molecule has 6 nitrogen and oxygen atoms in total. The molecule has 2 fully saturated rings. The molecule has 1 aromatic carbocycles. The van der Waals surface area contributed by atoms with Gasteiger partial charge in [0.1, 0.15) is 23.2 Å². The van der Waals surface area contributed by atoms with Crippen LogP contribution in [0.15, 0.2) is 30.3 Å². The van der Waals surface area contributed by atoms with Crippen LogP contribution in [-0.4, -0.2) is 53.0 Å². The Labute approximate surface area is 152 Å². The number of aromatic nitrogens is 2. The van der Waals surface area contributed by atoms with Gasteiger partial charge >= 0.3 is 0 Å². The first-order valence-electron chi connectivity index (χ1n) is 9.01. The number of rotatable bonds is 4. The van der Waals surface area contributed by atoms with E-state index in [0.717, 1.165) is 12.8 Å². The highest BCUT2D eigenvalue weighted by atomic mass is 19.1. The highest BCUT2D eigenvalue weighted by Gasteiger charge is 2.26. The summed E-state index contributed by atoms with van der Waals surface area (Å²) in [5.74, 6) is 0.981. The quantitative estimate of drug-likeness (QED) is 0.913. The monoisotopic (exact) mass is 355 g/mol. The topological polar surface area (TPSA) is 61.4 Å². The average molecular weight is 355 g/mol. The first-order valence-corrected chi connectivity index (χ1v) is 9.01. The lowest BCUT2D eigenvalue weighted by molar-refractivity contribution is 0.0740. The summed E-state index contributed by atoms with van der Waals surface area (Å²) in [5.41, 5.74) is 1.01. The Bertz CT molecular complexity index is 815. The lowest BCUT2D eigenvalue weighted by Gasteiger charge is -2.36. The second kappa shape index (κ2) is 6.90. The van der Waals surface area contributed by atoms with Crippen molar-refractivity contribution in [2.45, 2.75) is 25.8 Å². The van der Waals surface area contributed by atoms with E-state index in [0.29, 0.717) is 55.2 Å². The molecular weight excluding hydrogens is 333 g/mol. The second-order valence-electron chi connectivity index (χ2n) is 6.83. The third-order valence-corrected chi connectivity index (χ3v) is 4.75. The van der Waals surface area contributed by atoms with Crippen LogP contribution in [0.4, 0.5) is 15.9 Å². The Hall–Kier alpha value is -2.70. The first-order chi connectivity index (χ1) is 12.6. The molecule has 1 aliphatic carbocycles. The Morgan fingerprint density at radius 1 is 1.15 bits per heavy atom. The Morgan fingerprint density at radius 3 is 2.58 bits per heavy atom. The molecule has 136 valence electrons. The molecule has 26 heavy (non-hydrogen) atoms. The van der Waals surface area contributed by atoms with E-state index in [1.54, 1.807) is 30.0 Å². The largest absolute Gasteiger partial charge is 0.367 e. The molecule has 1 N–H and O–H groups in total. The number of anilines is 2. The zero-order valence-electron chi connectivity index (χ0n) is 14.8. The van der Waals surface area contributed by atoms with Crippen molar-refractivity contribution in [1.82, 2.24) is 14.9 Å². The van der Waals surface area contributed by atoms with Crippen molar-refractivity contribution in [2.24, 2.45) is 0 Å². The normalized spacial score (nSPS) is 17.3. The van der Waals surface area contributed by atoms with Crippen molar-refractivity contribution in [3.8, 4) is 0 Å². The highest BCUT2D eigenvalue weighted by molar-refractivity contribution is 5.93. The van der Waals surface area contributed by atoms with Crippen molar-refractivity contribution in [2.75, 3.05) is 36.4 Å². The van der Waals surface area contributed by atoms with Crippen LogP contribution in [-0.2, 0) is 0 Å². The van der Waals surface area contributed by atoms with Crippen molar-refractivity contribution >= 4 is 17.4 Å². The number of benzene rings is 1. The molecule has 0 bridgehead atoms. The minimum Gasteiger partial charge on any atom is -0.367 e. The van der Waals surface area contributed by atoms with Gasteiger partial charge < -0.3 is 15.1 Å². The van der Waals surface area contributed by atoms with Gasteiger partial charge in [-0.2, -0.15) is 0 Å². The van der Waals surface area contributed by atoms with Crippen LogP contribution in [0.1, 0.15) is 29.2 Å². The van der Waals surface area contributed by atoms with Crippen LogP contribution in [0, 0.1) is 12.7 Å². The number of hydrogen-bond donors (Lipinski definition) is 1. The van der Waals surface area contributed by atoms with E-state index >= 15 is 0 Å². The van der Waals surface area contributed by atoms with E-state index < -0.39 is 0 Å². The number of carbonyl (C=O) groups excluding carboxylic acids is 1. The van der Waals surface area contributed by atoms with Crippen LogP contribution in [0.25, 0.3) is 0 Å². The molecule has 2 aromatic rings. The number of carbonyl (C=O) groups is 1. The maximum absolute atomic E-state index is 13.9. The van der Waals surface area contributed by atoms with Crippen LogP contribution in [0.2, 0.25) is 0 Å². The number of hydrogen-bond acceptors (Lipinski definition) is 5. The lowest BCUT2D eigenvalue weighted by atomic mass is 10.2. The maximum Gasteiger partial charge on any atom is 0.272 e. The zero-order valence-corrected chi connectivity index (χ0v) is 14.8. The summed E-state index contributed by atoms with van der Waals surface area (Å²) in [6.45, 7) is 4.09. The number of amides is 1. The summed E-state index contributed by atoms with van der Waals surface area (Å²) in [7, 11) is 0. The van der Waals surface area contributed by atoms with Crippen molar-refractivity contribution < 1.29 is 9.18 Å². The fraction of sp³-hybridized carbons (Fsp3) is 0.421. The molecule has 0 radical (unpaired) electrons. The Morgan fingerprint density at radius 2 is 1.88 bits per heavy atom. The molecule has 1 saturated carbocycles. The van der Waals surface area contributed by atoms with E-state index in [2.05, 4.69) is 15.3 Å². The van der Waals surface area contributed by atoms with Gasteiger partial charge in [-0.3, -0.25) is 4.79 Å². The predicted molar refractivity (Wildman–Crippen MR) is 97.9 cm³/mol. The maximum atomic E-state index is 13.9. The fourth-order valence-electron chi connectivity index (χ4n) is 3.21. The van der Waals surface area contributed by atoms with Gasteiger partial charge in [0.25, 0.3) is 5.91 Å². The zero-order chi connectivity index (χ0) is 18.1. The summed E-state index contributed by atoms with van der Waals surface area (Å²) in [6, 6.07) is 8.95. The van der Waals surface area contributed by atoms with Crippen LogP contribution >= 0.6 is 0 Å². The molecular formula is C19H22FN5O. The van der Waals surface area contributed by atoms with Crippen LogP contribution in [0.3, 0.4) is 0 Å². The van der Waals surface area contributed by atoms with Gasteiger partial charge in [0.15, 0.2) is 0 Å². The van der Waals surface area contributed by atoms with Gasteiger partial charge in [0.2, 0.25) is 0 Å². The van der Waals surface area contributed by atoms with Crippen molar-refractivity contribution in [3.63, 3.8) is 0 Å². The second-order valence-corrected chi connectivity index (χ2v) is 6.83. The molecule has 2 aliphatic rings. The summed E-state index contributed by atoms with van der Waals surface area (Å²) in [6.07, 6.45) is 2.29.